The highest BCUT2D eigenvalue weighted by atomic mass is 32.2. The highest BCUT2D eigenvalue weighted by Crippen LogP contribution is 2.32. The number of aliphatic hydroxyl groups excluding tert-OH is 1. The minimum Gasteiger partial charge on any atom is -0.489 e. The molecule has 2 saturated heterocycles. The van der Waals surface area contributed by atoms with Crippen molar-refractivity contribution in [3.05, 3.63) is 83.6 Å². The molecule has 10 nitrogen and oxygen atoms in total. The summed E-state index contributed by atoms with van der Waals surface area (Å²) in [7, 11) is -3.38. The lowest BCUT2D eigenvalue weighted by Gasteiger charge is -2.26. The van der Waals surface area contributed by atoms with E-state index >= 15 is 0 Å². The highest BCUT2D eigenvalue weighted by Gasteiger charge is 2.36. The summed E-state index contributed by atoms with van der Waals surface area (Å²) in [4.78, 5) is 19.7. The minimum absolute atomic E-state index is 0.0255. The third-order valence-electron chi connectivity index (χ3n) is 8.09. The number of hydrogen-bond acceptors (Lipinski definition) is 9. The lowest BCUT2D eigenvalue weighted by molar-refractivity contribution is -0.137. The van der Waals surface area contributed by atoms with Crippen LogP contribution in [-0.2, 0) is 25.5 Å². The molecule has 46 heavy (non-hydrogen) atoms. The Hall–Kier alpha value is -3.72. The van der Waals surface area contributed by atoms with Crippen molar-refractivity contribution in [1.82, 2.24) is 10.3 Å². The van der Waals surface area contributed by atoms with Crippen molar-refractivity contribution in [2.45, 2.75) is 55.1 Å². The minimum atomic E-state index is -4.44. The summed E-state index contributed by atoms with van der Waals surface area (Å²) in [6, 6.07) is 13.0. The first kappa shape index (κ1) is 33.6. The quantitative estimate of drug-likeness (QED) is 0.293. The normalized spacial score (nSPS) is 20.9. The van der Waals surface area contributed by atoms with Crippen LogP contribution < -0.4 is 15.0 Å². The number of carbonyl (C=O) groups excluding carboxylic acids is 1. The zero-order valence-corrected chi connectivity index (χ0v) is 26.0. The van der Waals surface area contributed by atoms with E-state index in [-0.39, 0.29) is 34.5 Å². The van der Waals surface area contributed by atoms with Crippen LogP contribution in [0.2, 0.25) is 0 Å². The molecule has 0 bridgehead atoms. The van der Waals surface area contributed by atoms with Crippen LogP contribution in [0, 0.1) is 0 Å². The van der Waals surface area contributed by atoms with Crippen molar-refractivity contribution in [2.75, 3.05) is 43.6 Å². The molecule has 5 rings (SSSR count). The lowest BCUT2D eigenvalue weighted by Crippen LogP contribution is -2.35. The second-order valence-electron chi connectivity index (χ2n) is 11.2. The van der Waals surface area contributed by atoms with Gasteiger partial charge in [0.15, 0.2) is 9.84 Å². The van der Waals surface area contributed by atoms with Gasteiger partial charge in [0.2, 0.25) is 0 Å². The van der Waals surface area contributed by atoms with Crippen molar-refractivity contribution in [3.63, 3.8) is 0 Å². The Morgan fingerprint density at radius 3 is 2.43 bits per heavy atom. The average molecular weight is 664 g/mol. The van der Waals surface area contributed by atoms with Crippen LogP contribution in [0.4, 0.5) is 19.0 Å². The number of halogens is 3. The fourth-order valence-electron chi connectivity index (χ4n) is 5.44. The Morgan fingerprint density at radius 2 is 1.85 bits per heavy atom. The van der Waals surface area contributed by atoms with E-state index in [1.165, 1.54) is 30.5 Å². The van der Waals surface area contributed by atoms with Gasteiger partial charge in [-0.15, -0.1) is 0 Å². The number of aromatic nitrogens is 1. The van der Waals surface area contributed by atoms with Gasteiger partial charge in [0.1, 0.15) is 17.7 Å². The predicted octanol–water partition coefficient (Wildman–Crippen LogP) is 4.19. The van der Waals surface area contributed by atoms with Gasteiger partial charge in [-0.1, -0.05) is 19.1 Å². The Balaban J connectivity index is 1.26. The van der Waals surface area contributed by atoms with Gasteiger partial charge in [-0.25, -0.2) is 13.4 Å². The second kappa shape index (κ2) is 14.4. The standard InChI is InChI=1S/C32H36F3N3O7S/c1-2-46(41,42)28-10-3-21(4-11-28)29(18-39)37-31(40)22-5-12-30(36-16-22)38-17-27(15-24(38)19-44-26-13-14-43-20-26)45-25-8-6-23(7-9-25)32(33,34)35/h3-12,16,24,26-27,29,39H,2,13-15,17-20H2,1H3,(H,37,40)/t24-,26+,27+,29-/m0/s1. The SMILES string of the molecule is CCS(=O)(=O)c1ccc([C@H](CO)NC(=O)c2ccc(N3C[C@H](Oc4ccc(C(F)(F)F)cc4)C[C@H]3CO[C@@H]3CCOC3)nc2)cc1. The largest absolute Gasteiger partial charge is 0.489 e. The van der Waals surface area contributed by atoms with Gasteiger partial charge in [0.05, 0.1) is 66.3 Å². The van der Waals surface area contributed by atoms with Crippen molar-refractivity contribution < 1.29 is 45.7 Å². The van der Waals surface area contributed by atoms with E-state index in [1.807, 2.05) is 4.90 Å². The van der Waals surface area contributed by atoms with Gasteiger partial charge >= 0.3 is 6.18 Å². The zero-order chi connectivity index (χ0) is 32.9. The van der Waals surface area contributed by atoms with Gasteiger partial charge in [0.25, 0.3) is 5.91 Å². The van der Waals surface area contributed by atoms with Crippen LogP contribution in [0.15, 0.2) is 71.8 Å². The number of nitrogens with one attached hydrogen (secondary N) is 1. The number of carbonyl (C=O) groups is 1. The van der Waals surface area contributed by atoms with E-state index in [9.17, 15) is 31.5 Å². The number of amides is 1. The summed E-state index contributed by atoms with van der Waals surface area (Å²) in [6.07, 6.45) is -2.07. The molecule has 2 aliphatic heterocycles. The van der Waals surface area contributed by atoms with Gasteiger partial charge in [-0.2, -0.15) is 13.2 Å². The molecule has 0 spiro atoms. The Morgan fingerprint density at radius 1 is 1.11 bits per heavy atom. The molecule has 2 N–H and O–H groups in total. The second-order valence-corrected chi connectivity index (χ2v) is 13.5. The number of ether oxygens (including phenoxy) is 3. The number of hydrogen-bond donors (Lipinski definition) is 2. The first-order valence-electron chi connectivity index (χ1n) is 15.0. The van der Waals surface area contributed by atoms with Crippen LogP contribution in [0.1, 0.15) is 47.3 Å². The maximum absolute atomic E-state index is 13.1. The summed E-state index contributed by atoms with van der Waals surface area (Å²) in [5.74, 6) is 0.374. The van der Waals surface area contributed by atoms with Gasteiger partial charge in [0, 0.05) is 19.2 Å². The third-order valence-corrected chi connectivity index (χ3v) is 9.84. The number of alkyl halides is 3. The van der Waals surface area contributed by atoms with Crippen LogP contribution >= 0.6 is 0 Å². The van der Waals surface area contributed by atoms with E-state index in [0.29, 0.717) is 49.9 Å². The van der Waals surface area contributed by atoms with E-state index in [1.54, 1.807) is 31.2 Å². The fraction of sp³-hybridized carbons (Fsp3) is 0.438. The molecule has 3 aromatic rings. The van der Waals surface area contributed by atoms with E-state index in [2.05, 4.69) is 10.3 Å². The number of anilines is 1. The monoisotopic (exact) mass is 663 g/mol. The molecule has 0 saturated carbocycles. The van der Waals surface area contributed by atoms with Gasteiger partial charge < -0.3 is 29.5 Å². The van der Waals surface area contributed by atoms with Crippen molar-refractivity contribution in [3.8, 4) is 5.75 Å². The molecule has 248 valence electrons. The summed E-state index contributed by atoms with van der Waals surface area (Å²) < 4.78 is 80.7. The molecule has 14 heteroatoms. The molecule has 1 amide bonds. The molecule has 0 unspecified atom stereocenters. The molecule has 0 radical (unpaired) electrons. The molecular weight excluding hydrogens is 627 g/mol. The van der Waals surface area contributed by atoms with Crippen LogP contribution in [-0.4, -0.2) is 81.4 Å². The average Bonchev–Trinajstić information content (AvgIpc) is 3.72. The number of aliphatic hydroxyl groups is 1. The van der Waals surface area contributed by atoms with E-state index in [0.717, 1.165) is 18.6 Å². The van der Waals surface area contributed by atoms with Crippen LogP contribution in [0.5, 0.6) is 5.75 Å². The van der Waals surface area contributed by atoms with Gasteiger partial charge in [-0.05, 0) is 60.5 Å². The van der Waals surface area contributed by atoms with Crippen LogP contribution in [0.3, 0.4) is 0 Å². The highest BCUT2D eigenvalue weighted by molar-refractivity contribution is 7.91. The molecule has 4 atom stereocenters. The van der Waals surface area contributed by atoms with Crippen molar-refractivity contribution >= 4 is 21.6 Å². The number of sulfone groups is 1. The van der Waals surface area contributed by atoms with Crippen molar-refractivity contribution in [2.24, 2.45) is 0 Å². The first-order chi connectivity index (χ1) is 22.0. The molecule has 1 aromatic heterocycles. The number of nitrogens with zero attached hydrogens (tertiary/aromatic N) is 2. The third kappa shape index (κ3) is 8.16. The maximum atomic E-state index is 13.1. The molecule has 0 aliphatic carbocycles. The molecule has 2 aliphatic rings. The van der Waals surface area contributed by atoms with Crippen molar-refractivity contribution in [1.29, 1.82) is 0 Å². The number of rotatable bonds is 12. The summed E-state index contributed by atoms with van der Waals surface area (Å²) in [6.45, 7) is 3.05. The predicted molar refractivity (Wildman–Crippen MR) is 162 cm³/mol. The first-order valence-corrected chi connectivity index (χ1v) is 16.6. The Kier molecular flexibility index (Phi) is 10.5. The Bertz CT molecular complexity index is 1560. The molecule has 3 heterocycles. The summed E-state index contributed by atoms with van der Waals surface area (Å²) in [5.41, 5.74) is 0.0408. The smallest absolute Gasteiger partial charge is 0.416 e. The van der Waals surface area contributed by atoms with Gasteiger partial charge in [-0.3, -0.25) is 4.79 Å². The summed E-state index contributed by atoms with van der Waals surface area (Å²) >= 11 is 0. The van der Waals surface area contributed by atoms with Crippen LogP contribution in [0.25, 0.3) is 0 Å². The molecule has 2 aromatic carbocycles. The molecular formula is C32H36F3N3O7S. The van der Waals surface area contributed by atoms with E-state index < -0.39 is 40.1 Å². The zero-order valence-electron chi connectivity index (χ0n) is 25.2. The Labute approximate surface area is 265 Å². The lowest BCUT2D eigenvalue weighted by atomic mass is 10.1. The fourth-order valence-corrected chi connectivity index (χ4v) is 6.33. The number of pyridine rings is 1. The number of benzene rings is 2. The molecule has 2 fully saturated rings. The summed E-state index contributed by atoms with van der Waals surface area (Å²) in [5, 5.41) is 12.7. The topological polar surface area (TPSA) is 127 Å². The maximum Gasteiger partial charge on any atom is 0.416 e. The van der Waals surface area contributed by atoms with E-state index in [4.69, 9.17) is 14.2 Å².